The molecule has 1 aromatic rings. The molecule has 1 heterocycles. The molecule has 0 aliphatic heterocycles. The van der Waals surface area contributed by atoms with Gasteiger partial charge in [0.05, 0.1) is 9.89 Å². The summed E-state index contributed by atoms with van der Waals surface area (Å²) in [5.41, 5.74) is 0. The average Bonchev–Trinajstić information content (AvgIpc) is 2.44. The van der Waals surface area contributed by atoms with Crippen molar-refractivity contribution in [1.82, 2.24) is 5.32 Å². The second kappa shape index (κ2) is 5.27. The normalized spacial score (nSPS) is 25.3. The molecule has 1 saturated carbocycles. The number of rotatable bonds is 4. The van der Waals surface area contributed by atoms with Crippen LogP contribution in [-0.4, -0.2) is 19.3 Å². The quantitative estimate of drug-likeness (QED) is 0.892. The molecule has 5 heteroatoms. The number of thiophene rings is 1. The number of ether oxygens (including phenoxy) is 1. The highest BCUT2D eigenvalue weighted by atomic mass is 79.9. The third kappa shape index (κ3) is 3.03. The second-order valence-electron chi connectivity index (χ2n) is 3.74. The molecule has 0 aromatic carbocycles. The Morgan fingerprint density at radius 3 is 2.80 bits per heavy atom. The highest BCUT2D eigenvalue weighted by Gasteiger charge is 2.28. The molecule has 0 unspecified atom stereocenters. The van der Waals surface area contributed by atoms with E-state index in [1.807, 2.05) is 0 Å². The van der Waals surface area contributed by atoms with Gasteiger partial charge in [-0.2, -0.15) is 0 Å². The van der Waals surface area contributed by atoms with E-state index in [1.54, 1.807) is 18.4 Å². The fraction of sp³-hybridized carbons (Fsp3) is 0.600. The minimum Gasteiger partial charge on any atom is -0.381 e. The topological polar surface area (TPSA) is 21.3 Å². The first-order chi connectivity index (χ1) is 7.19. The van der Waals surface area contributed by atoms with Crippen LogP contribution in [0, 0.1) is 0 Å². The lowest BCUT2D eigenvalue weighted by atomic mass is 9.89. The zero-order valence-corrected chi connectivity index (χ0v) is 12.4. The van der Waals surface area contributed by atoms with E-state index < -0.39 is 0 Å². The molecule has 1 aromatic heterocycles. The van der Waals surface area contributed by atoms with Crippen molar-refractivity contribution in [2.75, 3.05) is 7.11 Å². The van der Waals surface area contributed by atoms with Gasteiger partial charge < -0.3 is 10.1 Å². The first kappa shape index (κ1) is 12.0. The fourth-order valence-electron chi connectivity index (χ4n) is 1.65. The lowest BCUT2D eigenvalue weighted by molar-refractivity contribution is 0.0170. The fourth-order valence-corrected chi connectivity index (χ4v) is 3.78. The number of halogens is 2. The Morgan fingerprint density at radius 1 is 1.53 bits per heavy atom. The molecule has 2 rings (SSSR count). The molecular formula is C10H13Br2NOS. The zero-order chi connectivity index (χ0) is 10.8. The van der Waals surface area contributed by atoms with Gasteiger partial charge in [0.1, 0.15) is 0 Å². The summed E-state index contributed by atoms with van der Waals surface area (Å²) in [6.07, 6.45) is 2.76. The predicted octanol–water partition coefficient (Wildman–Crippen LogP) is 3.54. The van der Waals surface area contributed by atoms with E-state index in [0.717, 1.165) is 23.9 Å². The molecule has 0 amide bonds. The number of nitrogens with one attached hydrogen (secondary N) is 1. The van der Waals surface area contributed by atoms with Crippen LogP contribution in [0.15, 0.2) is 14.3 Å². The zero-order valence-electron chi connectivity index (χ0n) is 8.43. The van der Waals surface area contributed by atoms with Crippen molar-refractivity contribution in [2.45, 2.75) is 31.5 Å². The Balaban J connectivity index is 1.75. The van der Waals surface area contributed by atoms with Gasteiger partial charge in [0, 0.05) is 29.0 Å². The minimum atomic E-state index is 0.476. The third-order valence-corrected chi connectivity index (χ3v) is 5.95. The number of methoxy groups -OCH3 is 1. The van der Waals surface area contributed by atoms with Crippen LogP contribution in [0.3, 0.4) is 0 Å². The van der Waals surface area contributed by atoms with Crippen LogP contribution < -0.4 is 5.32 Å². The SMILES string of the molecule is COC1CC(NCc2cc(Br)c(Br)s2)C1. The van der Waals surface area contributed by atoms with E-state index in [9.17, 15) is 0 Å². The van der Waals surface area contributed by atoms with E-state index >= 15 is 0 Å². The highest BCUT2D eigenvalue weighted by Crippen LogP contribution is 2.32. The van der Waals surface area contributed by atoms with Gasteiger partial charge in [0.2, 0.25) is 0 Å². The monoisotopic (exact) mass is 353 g/mol. The maximum absolute atomic E-state index is 5.24. The molecule has 1 aliphatic rings. The van der Waals surface area contributed by atoms with Crippen LogP contribution in [-0.2, 0) is 11.3 Å². The Kier molecular flexibility index (Phi) is 4.24. The molecule has 0 radical (unpaired) electrons. The van der Waals surface area contributed by atoms with E-state index in [2.05, 4.69) is 43.2 Å². The summed E-state index contributed by atoms with van der Waals surface area (Å²) < 4.78 is 7.55. The van der Waals surface area contributed by atoms with Gasteiger partial charge >= 0.3 is 0 Å². The van der Waals surface area contributed by atoms with E-state index in [0.29, 0.717) is 12.1 Å². The van der Waals surface area contributed by atoms with Crippen LogP contribution in [0.4, 0.5) is 0 Å². The van der Waals surface area contributed by atoms with Gasteiger partial charge in [0.15, 0.2) is 0 Å². The van der Waals surface area contributed by atoms with Gasteiger partial charge in [-0.1, -0.05) is 0 Å². The molecule has 1 aliphatic carbocycles. The van der Waals surface area contributed by atoms with Crippen molar-refractivity contribution in [3.63, 3.8) is 0 Å². The Bertz CT molecular complexity index is 317. The second-order valence-corrected chi connectivity index (χ2v) is 7.05. The average molecular weight is 355 g/mol. The number of hydrogen-bond donors (Lipinski definition) is 1. The van der Waals surface area contributed by atoms with Crippen LogP contribution in [0.5, 0.6) is 0 Å². The van der Waals surface area contributed by atoms with Crippen molar-refractivity contribution >= 4 is 43.2 Å². The van der Waals surface area contributed by atoms with Crippen molar-refractivity contribution in [3.8, 4) is 0 Å². The molecule has 1 N–H and O–H groups in total. The maximum atomic E-state index is 5.24. The molecule has 84 valence electrons. The summed E-state index contributed by atoms with van der Waals surface area (Å²) in [5, 5.41) is 3.53. The van der Waals surface area contributed by atoms with Crippen LogP contribution in [0.2, 0.25) is 0 Å². The van der Waals surface area contributed by atoms with Gasteiger partial charge in [-0.05, 0) is 50.8 Å². The summed E-state index contributed by atoms with van der Waals surface area (Å²) in [4.78, 5) is 1.36. The van der Waals surface area contributed by atoms with Crippen molar-refractivity contribution in [2.24, 2.45) is 0 Å². The lowest BCUT2D eigenvalue weighted by Gasteiger charge is -2.34. The molecule has 0 bridgehead atoms. The predicted molar refractivity (Wildman–Crippen MR) is 70.4 cm³/mol. The van der Waals surface area contributed by atoms with Crippen LogP contribution in [0.25, 0.3) is 0 Å². The molecule has 1 fully saturated rings. The lowest BCUT2D eigenvalue weighted by Crippen LogP contribution is -2.44. The number of hydrogen-bond acceptors (Lipinski definition) is 3. The molecule has 0 saturated heterocycles. The summed E-state index contributed by atoms with van der Waals surface area (Å²) in [6, 6.07) is 2.79. The standard InChI is InChI=1S/C10H13Br2NOS/c1-14-7-2-6(3-7)13-5-8-4-9(11)10(12)15-8/h4,6-7,13H,2-3,5H2,1H3. The Hall–Kier alpha value is 0.580. The molecular weight excluding hydrogens is 342 g/mol. The summed E-state index contributed by atoms with van der Waals surface area (Å²) >= 11 is 8.76. The van der Waals surface area contributed by atoms with Crippen molar-refractivity contribution in [3.05, 3.63) is 19.2 Å². The first-order valence-electron chi connectivity index (χ1n) is 4.89. The van der Waals surface area contributed by atoms with E-state index in [-0.39, 0.29) is 0 Å². The third-order valence-electron chi connectivity index (χ3n) is 2.69. The summed E-state index contributed by atoms with van der Waals surface area (Å²) in [6.45, 7) is 0.954. The summed E-state index contributed by atoms with van der Waals surface area (Å²) in [5.74, 6) is 0. The Morgan fingerprint density at radius 2 is 2.27 bits per heavy atom. The maximum Gasteiger partial charge on any atom is 0.0843 e. The highest BCUT2D eigenvalue weighted by molar-refractivity contribution is 9.13. The van der Waals surface area contributed by atoms with Crippen LogP contribution in [0.1, 0.15) is 17.7 Å². The van der Waals surface area contributed by atoms with E-state index in [4.69, 9.17) is 4.74 Å². The molecule has 15 heavy (non-hydrogen) atoms. The van der Waals surface area contributed by atoms with Crippen molar-refractivity contribution in [1.29, 1.82) is 0 Å². The van der Waals surface area contributed by atoms with Crippen LogP contribution >= 0.6 is 43.2 Å². The van der Waals surface area contributed by atoms with Gasteiger partial charge in [0.25, 0.3) is 0 Å². The Labute approximate surface area is 111 Å². The molecule has 0 atom stereocenters. The summed E-state index contributed by atoms with van der Waals surface area (Å²) in [7, 11) is 1.79. The minimum absolute atomic E-state index is 0.476. The molecule has 2 nitrogen and oxygen atoms in total. The van der Waals surface area contributed by atoms with Gasteiger partial charge in [-0.15, -0.1) is 11.3 Å². The van der Waals surface area contributed by atoms with E-state index in [1.165, 1.54) is 8.66 Å². The van der Waals surface area contributed by atoms with Crippen molar-refractivity contribution < 1.29 is 4.74 Å². The smallest absolute Gasteiger partial charge is 0.0843 e. The first-order valence-corrected chi connectivity index (χ1v) is 7.29. The molecule has 0 spiro atoms. The largest absolute Gasteiger partial charge is 0.381 e. The van der Waals surface area contributed by atoms with Gasteiger partial charge in [-0.25, -0.2) is 0 Å². The van der Waals surface area contributed by atoms with Gasteiger partial charge in [-0.3, -0.25) is 0 Å².